The van der Waals surface area contributed by atoms with E-state index >= 15 is 0 Å². The Bertz CT molecular complexity index is 323. The highest BCUT2D eigenvalue weighted by Crippen LogP contribution is 2.30. The molecule has 0 saturated carbocycles. The molecule has 0 amide bonds. The van der Waals surface area contributed by atoms with Gasteiger partial charge in [-0.15, -0.1) is 4.89 Å². The van der Waals surface area contributed by atoms with Gasteiger partial charge in [-0.2, -0.15) is 0 Å². The highest BCUT2D eigenvalue weighted by atomic mass is 31.1. The largest absolute Gasteiger partial charge is 0.747 e. The molecule has 0 fully saturated rings. The van der Waals surface area contributed by atoms with Crippen molar-refractivity contribution in [3.63, 3.8) is 0 Å². The molecule has 0 aliphatic carbocycles. The molecule has 0 radical (unpaired) electrons. The maximum Gasteiger partial charge on any atom is 0.747 e. The Morgan fingerprint density at radius 3 is 2.67 bits per heavy atom. The van der Waals surface area contributed by atoms with Crippen LogP contribution in [0.5, 0.6) is 0 Å². The summed E-state index contributed by atoms with van der Waals surface area (Å²) in [7, 11) is -3.12. The average Bonchev–Trinajstić information content (AvgIpc) is 2.44. The molecule has 0 aromatic carbocycles. The first-order chi connectivity index (χ1) is 6.97. The van der Waals surface area contributed by atoms with Crippen LogP contribution >= 0.6 is 8.25 Å². The predicted octanol–water partition coefficient (Wildman–Crippen LogP) is -1.30. The Labute approximate surface area is 84.3 Å². The van der Waals surface area contributed by atoms with Gasteiger partial charge in [-0.25, -0.2) is 9.32 Å². The molecular weight excluding hydrogens is 231 g/mol. The fourth-order valence-electron chi connectivity index (χ4n) is 0.977. The third-order valence-corrected chi connectivity index (χ3v) is 1.97. The Kier molecular flexibility index (Phi) is 3.59. The van der Waals surface area contributed by atoms with Gasteiger partial charge in [0.05, 0.1) is 6.61 Å². The number of hydrogen-bond acceptors (Lipinski definition) is 7. The molecule has 15 heavy (non-hydrogen) atoms. The zero-order valence-corrected chi connectivity index (χ0v) is 8.13. The van der Waals surface area contributed by atoms with Gasteiger partial charge in [0.25, 0.3) is 0 Å². The standard InChI is InChI=1S/C6H7O8P/c7-1-2(8)4-3(9)5(6(10)13-4)14-15(11)12/h2,4,7-8H,1H2,(H-,9,10,11,12)/p+1/t2-,4+/m0/s1. The second kappa shape index (κ2) is 4.54. The topological polar surface area (TPSA) is 134 Å². The van der Waals surface area contributed by atoms with E-state index in [1.54, 1.807) is 0 Å². The van der Waals surface area contributed by atoms with E-state index in [4.69, 9.17) is 15.1 Å². The lowest BCUT2D eigenvalue weighted by atomic mass is 10.2. The van der Waals surface area contributed by atoms with E-state index in [0.29, 0.717) is 0 Å². The van der Waals surface area contributed by atoms with Crippen molar-refractivity contribution in [2.24, 2.45) is 0 Å². The van der Waals surface area contributed by atoms with Crippen LogP contribution in [0.25, 0.3) is 0 Å². The second-order valence-corrected chi connectivity index (χ2v) is 3.28. The fourth-order valence-corrected chi connectivity index (χ4v) is 1.30. The quantitative estimate of drug-likeness (QED) is 0.351. The maximum absolute atomic E-state index is 11.0. The van der Waals surface area contributed by atoms with Crippen molar-refractivity contribution >= 4 is 14.2 Å². The number of rotatable bonds is 4. The van der Waals surface area contributed by atoms with Crippen molar-refractivity contribution in [3.8, 4) is 0 Å². The summed E-state index contributed by atoms with van der Waals surface area (Å²) in [5, 5.41) is 26.9. The molecule has 1 unspecified atom stereocenters. The first kappa shape index (κ1) is 11.9. The van der Waals surface area contributed by atoms with E-state index in [1.807, 2.05) is 0 Å². The Morgan fingerprint density at radius 2 is 2.20 bits per heavy atom. The molecule has 0 aromatic heterocycles. The number of carbonyl (C=O) groups excluding carboxylic acids is 1. The third kappa shape index (κ3) is 2.42. The summed E-state index contributed by atoms with van der Waals surface area (Å²) in [4.78, 5) is 19.3. The van der Waals surface area contributed by atoms with Gasteiger partial charge in [-0.05, 0) is 0 Å². The first-order valence-corrected chi connectivity index (χ1v) is 4.87. The number of cyclic esters (lactones) is 1. The Morgan fingerprint density at radius 1 is 1.60 bits per heavy atom. The van der Waals surface area contributed by atoms with Crippen LogP contribution in [-0.2, 0) is 18.6 Å². The van der Waals surface area contributed by atoms with E-state index in [1.165, 1.54) is 0 Å². The van der Waals surface area contributed by atoms with Crippen LogP contribution in [-0.4, -0.2) is 45.0 Å². The van der Waals surface area contributed by atoms with Gasteiger partial charge in [-0.3, -0.25) is 0 Å². The molecule has 0 spiro atoms. The van der Waals surface area contributed by atoms with Gasteiger partial charge in [0.1, 0.15) is 6.10 Å². The van der Waals surface area contributed by atoms with Crippen molar-refractivity contribution < 1.29 is 38.8 Å². The summed E-state index contributed by atoms with van der Waals surface area (Å²) < 4.78 is 18.7. The second-order valence-electron chi connectivity index (χ2n) is 2.62. The molecular formula is C6H8O8P+. The normalized spacial score (nSPS) is 23.8. The molecule has 0 aromatic rings. The number of aliphatic hydroxyl groups is 3. The molecule has 1 aliphatic heterocycles. The summed E-state index contributed by atoms with van der Waals surface area (Å²) in [6.45, 7) is -0.749. The zero-order chi connectivity index (χ0) is 11.6. The van der Waals surface area contributed by atoms with Crippen LogP contribution in [0, 0.1) is 0 Å². The van der Waals surface area contributed by atoms with Crippen LogP contribution in [0.3, 0.4) is 0 Å². The molecule has 1 heterocycles. The van der Waals surface area contributed by atoms with Crippen LogP contribution in [0.4, 0.5) is 0 Å². The highest BCUT2D eigenvalue weighted by Gasteiger charge is 2.44. The summed E-state index contributed by atoms with van der Waals surface area (Å²) in [6, 6.07) is 0. The van der Waals surface area contributed by atoms with Crippen LogP contribution < -0.4 is 0 Å². The summed E-state index contributed by atoms with van der Waals surface area (Å²) in [5.74, 6) is -2.84. The molecule has 8 nitrogen and oxygen atoms in total. The minimum absolute atomic E-state index is 0.749. The molecule has 84 valence electrons. The minimum atomic E-state index is -3.12. The molecule has 9 heteroatoms. The minimum Gasteiger partial charge on any atom is -0.505 e. The predicted molar refractivity (Wildman–Crippen MR) is 43.5 cm³/mol. The first-order valence-electron chi connectivity index (χ1n) is 3.74. The van der Waals surface area contributed by atoms with E-state index < -0.39 is 44.6 Å². The van der Waals surface area contributed by atoms with Crippen molar-refractivity contribution in [3.05, 3.63) is 11.5 Å². The van der Waals surface area contributed by atoms with Gasteiger partial charge < -0.3 is 20.1 Å². The highest BCUT2D eigenvalue weighted by molar-refractivity contribution is 7.32. The zero-order valence-electron chi connectivity index (χ0n) is 7.23. The van der Waals surface area contributed by atoms with Crippen molar-refractivity contribution in [1.29, 1.82) is 0 Å². The lowest BCUT2D eigenvalue weighted by molar-refractivity contribution is -0.147. The molecule has 0 saturated heterocycles. The number of aliphatic hydroxyl groups excluding tert-OH is 3. The van der Waals surface area contributed by atoms with Crippen molar-refractivity contribution in [1.82, 2.24) is 0 Å². The van der Waals surface area contributed by atoms with Gasteiger partial charge in [0.15, 0.2) is 11.9 Å². The van der Waals surface area contributed by atoms with Gasteiger partial charge in [-0.1, -0.05) is 0 Å². The van der Waals surface area contributed by atoms with Crippen molar-refractivity contribution in [2.45, 2.75) is 12.2 Å². The van der Waals surface area contributed by atoms with E-state index in [0.717, 1.165) is 0 Å². The smallest absolute Gasteiger partial charge is 0.505 e. The van der Waals surface area contributed by atoms with Gasteiger partial charge >= 0.3 is 20.0 Å². The number of ether oxygens (including phenoxy) is 1. The van der Waals surface area contributed by atoms with E-state index in [2.05, 4.69) is 9.26 Å². The number of carbonyl (C=O) groups is 1. The monoisotopic (exact) mass is 239 g/mol. The average molecular weight is 239 g/mol. The Hall–Kier alpha value is -1.21. The van der Waals surface area contributed by atoms with Gasteiger partial charge in [0.2, 0.25) is 0 Å². The Balaban J connectivity index is 2.88. The summed E-state index contributed by atoms with van der Waals surface area (Å²) in [6.07, 6.45) is -3.00. The maximum atomic E-state index is 11.0. The SMILES string of the molecule is O=C1O[C@H]([C@@H](O)CO)C(O)=C1O[P+](=O)O. The van der Waals surface area contributed by atoms with Crippen LogP contribution in [0.2, 0.25) is 0 Å². The molecule has 1 rings (SSSR count). The lowest BCUT2D eigenvalue weighted by Crippen LogP contribution is -2.31. The van der Waals surface area contributed by atoms with Crippen LogP contribution in [0.15, 0.2) is 11.5 Å². The molecule has 3 atom stereocenters. The lowest BCUT2D eigenvalue weighted by Gasteiger charge is -2.13. The molecule has 4 N–H and O–H groups in total. The number of hydrogen-bond donors (Lipinski definition) is 4. The van der Waals surface area contributed by atoms with E-state index in [9.17, 15) is 14.5 Å². The molecule has 1 aliphatic rings. The van der Waals surface area contributed by atoms with Gasteiger partial charge in [0, 0.05) is 4.57 Å². The third-order valence-electron chi connectivity index (χ3n) is 1.63. The summed E-state index contributed by atoms with van der Waals surface area (Å²) in [5.41, 5.74) is 0. The van der Waals surface area contributed by atoms with E-state index in [-0.39, 0.29) is 0 Å². The van der Waals surface area contributed by atoms with Crippen molar-refractivity contribution in [2.75, 3.05) is 6.61 Å². The molecule has 0 bridgehead atoms. The number of esters is 1. The van der Waals surface area contributed by atoms with Crippen LogP contribution in [0.1, 0.15) is 0 Å². The summed E-state index contributed by atoms with van der Waals surface area (Å²) >= 11 is 0. The fraction of sp³-hybridized carbons (Fsp3) is 0.500.